The topological polar surface area (TPSA) is 45.1 Å². The van der Waals surface area contributed by atoms with Gasteiger partial charge in [0.2, 0.25) is 0 Å². The highest BCUT2D eigenvalue weighted by Gasteiger charge is 2.11. The molecule has 0 spiro atoms. The van der Waals surface area contributed by atoms with Gasteiger partial charge in [-0.1, -0.05) is 13.8 Å². The summed E-state index contributed by atoms with van der Waals surface area (Å²) < 4.78 is 0. The summed E-state index contributed by atoms with van der Waals surface area (Å²) in [6.45, 7) is 8.97. The molecule has 0 bridgehead atoms. The average molecular weight is 254 g/mol. The van der Waals surface area contributed by atoms with Crippen LogP contribution < -0.4 is 5.32 Å². The Morgan fingerprint density at radius 3 is 2.53 bits per heavy atom. The smallest absolute Gasteiger partial charge is 0.0631 e. The zero-order valence-corrected chi connectivity index (χ0v) is 11.8. The molecule has 0 aliphatic heterocycles. The molecule has 3 nitrogen and oxygen atoms in total. The van der Waals surface area contributed by atoms with Crippen LogP contribution in [0.5, 0.6) is 0 Å². The van der Waals surface area contributed by atoms with Crippen molar-refractivity contribution in [2.45, 2.75) is 50.0 Å². The minimum absolute atomic E-state index is 0.189. The van der Waals surface area contributed by atoms with Gasteiger partial charge in [-0.25, -0.2) is 0 Å². The Morgan fingerprint density at radius 1 is 1.35 bits per heavy atom. The zero-order chi connectivity index (χ0) is 12.8. The van der Waals surface area contributed by atoms with E-state index in [0.717, 1.165) is 17.1 Å². The average Bonchev–Trinajstić information content (AvgIpc) is 2.30. The van der Waals surface area contributed by atoms with E-state index in [2.05, 4.69) is 30.2 Å². The Hall–Kier alpha value is -0.580. The molecule has 0 saturated carbocycles. The molecule has 1 aromatic rings. The Labute approximate surface area is 108 Å². The van der Waals surface area contributed by atoms with Crippen LogP contribution in [0.1, 0.15) is 39.4 Å². The molecule has 3 unspecified atom stereocenters. The minimum Gasteiger partial charge on any atom is -0.392 e. The number of aromatic nitrogens is 1. The molecule has 1 rings (SSSR count). The summed E-state index contributed by atoms with van der Waals surface area (Å²) in [4.78, 5) is 5.55. The number of hydrogen-bond donors (Lipinski definition) is 2. The van der Waals surface area contributed by atoms with E-state index in [9.17, 15) is 5.11 Å². The molecule has 0 fully saturated rings. The van der Waals surface area contributed by atoms with Crippen LogP contribution in [0, 0.1) is 0 Å². The van der Waals surface area contributed by atoms with E-state index in [-0.39, 0.29) is 17.4 Å². The first kappa shape index (κ1) is 14.5. The van der Waals surface area contributed by atoms with Crippen molar-refractivity contribution in [3.05, 3.63) is 24.0 Å². The number of thioether (sulfide) groups is 1. The lowest BCUT2D eigenvalue weighted by atomic mass is 10.2. The summed E-state index contributed by atoms with van der Waals surface area (Å²) >= 11 is 1.65. The highest BCUT2D eigenvalue weighted by atomic mass is 32.2. The van der Waals surface area contributed by atoms with Gasteiger partial charge < -0.3 is 10.4 Å². The molecule has 3 atom stereocenters. The number of aliphatic hydroxyl groups excluding tert-OH is 1. The Kier molecular flexibility index (Phi) is 5.95. The summed E-state index contributed by atoms with van der Waals surface area (Å²) in [7, 11) is 0. The van der Waals surface area contributed by atoms with Crippen molar-refractivity contribution in [3.8, 4) is 0 Å². The van der Waals surface area contributed by atoms with Gasteiger partial charge in [0.1, 0.15) is 0 Å². The Morgan fingerprint density at radius 2 is 2.06 bits per heavy atom. The summed E-state index contributed by atoms with van der Waals surface area (Å²) in [5.74, 6) is 0. The van der Waals surface area contributed by atoms with Crippen molar-refractivity contribution in [1.29, 1.82) is 0 Å². The first-order valence-electron chi connectivity index (χ1n) is 6.08. The van der Waals surface area contributed by atoms with Crippen molar-refractivity contribution >= 4 is 11.8 Å². The van der Waals surface area contributed by atoms with Crippen molar-refractivity contribution in [1.82, 2.24) is 10.3 Å². The number of nitrogens with zero attached hydrogens (tertiary/aromatic N) is 1. The van der Waals surface area contributed by atoms with Crippen molar-refractivity contribution in [2.24, 2.45) is 0 Å². The van der Waals surface area contributed by atoms with Gasteiger partial charge in [-0.2, -0.15) is 0 Å². The van der Waals surface area contributed by atoms with Crippen LogP contribution in [0.3, 0.4) is 0 Å². The highest BCUT2D eigenvalue weighted by Crippen LogP contribution is 2.25. The van der Waals surface area contributed by atoms with Gasteiger partial charge in [-0.15, -0.1) is 11.8 Å². The fourth-order valence-electron chi connectivity index (χ4n) is 1.44. The molecule has 1 heterocycles. The maximum absolute atomic E-state index is 9.44. The Bertz CT molecular complexity index is 327. The van der Waals surface area contributed by atoms with Gasteiger partial charge in [0.15, 0.2) is 0 Å². The molecular formula is C13H22N2OS. The lowest BCUT2D eigenvalue weighted by molar-refractivity contribution is 0.196. The van der Waals surface area contributed by atoms with Crippen LogP contribution in [0.4, 0.5) is 0 Å². The SMILES string of the molecule is CCNC(C)c1ccc(SC(C)C(C)O)cn1. The third kappa shape index (κ3) is 4.66. The van der Waals surface area contributed by atoms with Crippen molar-refractivity contribution < 1.29 is 5.11 Å². The van der Waals surface area contributed by atoms with E-state index in [1.165, 1.54) is 0 Å². The summed E-state index contributed by atoms with van der Waals surface area (Å²) in [5.41, 5.74) is 1.06. The van der Waals surface area contributed by atoms with Gasteiger partial charge in [0.05, 0.1) is 11.8 Å². The number of aliphatic hydroxyl groups is 1. The second-order valence-electron chi connectivity index (χ2n) is 4.26. The predicted molar refractivity (Wildman–Crippen MR) is 73.3 cm³/mol. The zero-order valence-electron chi connectivity index (χ0n) is 11.0. The second kappa shape index (κ2) is 6.99. The molecule has 17 heavy (non-hydrogen) atoms. The molecule has 2 N–H and O–H groups in total. The van der Waals surface area contributed by atoms with Gasteiger partial charge in [0.25, 0.3) is 0 Å². The maximum atomic E-state index is 9.44. The fourth-order valence-corrected chi connectivity index (χ4v) is 2.33. The quantitative estimate of drug-likeness (QED) is 0.766. The molecule has 0 radical (unpaired) electrons. The highest BCUT2D eigenvalue weighted by molar-refractivity contribution is 8.00. The third-order valence-electron chi connectivity index (χ3n) is 2.71. The van der Waals surface area contributed by atoms with Crippen molar-refractivity contribution in [2.75, 3.05) is 6.54 Å². The normalized spacial score (nSPS) is 16.5. The Balaban J connectivity index is 2.61. The summed E-state index contributed by atoms with van der Waals surface area (Å²) in [6.07, 6.45) is 1.58. The van der Waals surface area contributed by atoms with Crippen LogP contribution in [-0.4, -0.2) is 28.0 Å². The van der Waals surface area contributed by atoms with Crippen LogP contribution in [0.2, 0.25) is 0 Å². The standard InChI is InChI=1S/C13H22N2OS/c1-5-14-9(2)13-7-6-12(8-15-13)17-11(4)10(3)16/h6-11,14,16H,5H2,1-4H3. The largest absolute Gasteiger partial charge is 0.392 e. The lowest BCUT2D eigenvalue weighted by Gasteiger charge is -2.15. The molecule has 96 valence electrons. The third-order valence-corrected chi connectivity index (χ3v) is 3.99. The predicted octanol–water partition coefficient (Wildman–Crippen LogP) is 2.61. The van der Waals surface area contributed by atoms with Crippen LogP contribution in [0.15, 0.2) is 23.2 Å². The fraction of sp³-hybridized carbons (Fsp3) is 0.615. The molecule has 0 amide bonds. The number of hydrogen-bond acceptors (Lipinski definition) is 4. The maximum Gasteiger partial charge on any atom is 0.0631 e. The number of rotatable bonds is 6. The molecule has 0 aromatic carbocycles. The molecular weight excluding hydrogens is 232 g/mol. The van der Waals surface area contributed by atoms with Gasteiger partial charge in [0, 0.05) is 22.4 Å². The van der Waals surface area contributed by atoms with E-state index < -0.39 is 0 Å². The number of nitrogens with one attached hydrogen (secondary N) is 1. The van der Waals surface area contributed by atoms with Gasteiger partial charge >= 0.3 is 0 Å². The van der Waals surface area contributed by atoms with E-state index in [0.29, 0.717) is 0 Å². The molecule has 0 aliphatic rings. The first-order chi connectivity index (χ1) is 8.04. The summed E-state index contributed by atoms with van der Waals surface area (Å²) in [5, 5.41) is 13.0. The van der Waals surface area contributed by atoms with Gasteiger partial charge in [-0.05, 0) is 32.5 Å². The lowest BCUT2D eigenvalue weighted by Crippen LogP contribution is -2.18. The van der Waals surface area contributed by atoms with Crippen molar-refractivity contribution in [3.63, 3.8) is 0 Å². The molecule has 1 aromatic heterocycles. The van der Waals surface area contributed by atoms with E-state index in [4.69, 9.17) is 0 Å². The van der Waals surface area contributed by atoms with Crippen LogP contribution in [-0.2, 0) is 0 Å². The van der Waals surface area contributed by atoms with E-state index >= 15 is 0 Å². The van der Waals surface area contributed by atoms with Gasteiger partial charge in [-0.3, -0.25) is 4.98 Å². The van der Waals surface area contributed by atoms with E-state index in [1.807, 2.05) is 26.1 Å². The summed E-state index contributed by atoms with van der Waals surface area (Å²) in [6, 6.07) is 4.40. The molecule has 0 aliphatic carbocycles. The van der Waals surface area contributed by atoms with Crippen LogP contribution >= 0.6 is 11.8 Å². The molecule has 4 heteroatoms. The molecule has 0 saturated heterocycles. The number of pyridine rings is 1. The minimum atomic E-state index is -0.305. The van der Waals surface area contributed by atoms with E-state index in [1.54, 1.807) is 11.8 Å². The second-order valence-corrected chi connectivity index (χ2v) is 5.71. The first-order valence-corrected chi connectivity index (χ1v) is 6.96. The monoisotopic (exact) mass is 254 g/mol. The van der Waals surface area contributed by atoms with Crippen LogP contribution in [0.25, 0.3) is 0 Å².